The zero-order valence-electron chi connectivity index (χ0n) is 13.2. The fraction of sp³-hybridized carbons (Fsp3) is 0.222. The molecule has 6 heteroatoms. The number of halogens is 2. The molecule has 0 fully saturated rings. The first-order chi connectivity index (χ1) is 11.5. The number of carbonyl (C=O) groups is 1. The van der Waals surface area contributed by atoms with Gasteiger partial charge in [0.25, 0.3) is 0 Å². The van der Waals surface area contributed by atoms with E-state index in [1.165, 1.54) is 12.1 Å². The van der Waals surface area contributed by atoms with Crippen LogP contribution in [0.4, 0.5) is 10.1 Å². The van der Waals surface area contributed by atoms with E-state index < -0.39 is 0 Å². The number of carbonyl (C=O) groups excluding carboxylic acids is 1. The second-order valence-corrected chi connectivity index (χ2v) is 6.71. The highest BCUT2D eigenvalue weighted by Gasteiger charge is 2.25. The molecular weight excluding hydrogens is 373 g/mol. The van der Waals surface area contributed by atoms with Crippen LogP contribution in [0.5, 0.6) is 0 Å². The van der Waals surface area contributed by atoms with E-state index in [1.54, 1.807) is 17.1 Å². The molecule has 24 heavy (non-hydrogen) atoms. The molecule has 0 saturated heterocycles. The maximum absolute atomic E-state index is 13.0. The second-order valence-electron chi connectivity index (χ2n) is 5.80. The number of nitrogens with one attached hydrogen (secondary N) is 1. The number of hydrogen-bond donors (Lipinski definition) is 1. The molecule has 1 unspecified atom stereocenters. The maximum atomic E-state index is 13.0. The van der Waals surface area contributed by atoms with Crippen molar-refractivity contribution in [1.29, 1.82) is 0 Å². The van der Waals surface area contributed by atoms with E-state index in [4.69, 9.17) is 0 Å². The molecule has 1 amide bonds. The van der Waals surface area contributed by atoms with Crippen LogP contribution in [0.1, 0.15) is 12.5 Å². The van der Waals surface area contributed by atoms with Gasteiger partial charge < -0.3 is 5.32 Å². The summed E-state index contributed by atoms with van der Waals surface area (Å²) in [7, 11) is 0. The Morgan fingerprint density at radius 1 is 1.25 bits per heavy atom. The lowest BCUT2D eigenvalue weighted by atomic mass is 9.99. The van der Waals surface area contributed by atoms with E-state index >= 15 is 0 Å². The van der Waals surface area contributed by atoms with Gasteiger partial charge in [-0.25, -0.2) is 4.39 Å². The van der Waals surface area contributed by atoms with Gasteiger partial charge in [-0.1, -0.05) is 35.0 Å². The summed E-state index contributed by atoms with van der Waals surface area (Å²) in [6.45, 7) is 2.90. The summed E-state index contributed by atoms with van der Waals surface area (Å²) in [6.07, 6.45) is 0. The van der Waals surface area contributed by atoms with Gasteiger partial charge in [-0.05, 0) is 42.0 Å². The van der Waals surface area contributed by atoms with Gasteiger partial charge in [0.15, 0.2) is 0 Å². The fourth-order valence-corrected chi connectivity index (χ4v) is 2.92. The lowest BCUT2D eigenvalue weighted by Gasteiger charge is -2.14. The summed E-state index contributed by atoms with van der Waals surface area (Å²) in [5.74, 6) is -0.194. The highest BCUT2D eigenvalue weighted by Crippen LogP contribution is 2.20. The standard InChI is InChI=1S/C18H17BrFN3O/c1-12-10-23(22-18(12)13-2-6-15(20)7-3-13)11-17(24)21-16-8-4-14(19)5-9-16/h2-9,12H,10-11H2,1H3,(H,21,24). The van der Waals surface area contributed by atoms with E-state index in [1.807, 2.05) is 24.3 Å². The van der Waals surface area contributed by atoms with Crippen molar-refractivity contribution in [2.75, 3.05) is 18.4 Å². The van der Waals surface area contributed by atoms with Crippen LogP contribution in [0.3, 0.4) is 0 Å². The van der Waals surface area contributed by atoms with Crippen LogP contribution in [-0.4, -0.2) is 29.7 Å². The highest BCUT2D eigenvalue weighted by atomic mass is 79.9. The van der Waals surface area contributed by atoms with Gasteiger partial charge in [0.05, 0.1) is 5.71 Å². The summed E-state index contributed by atoms with van der Waals surface area (Å²) in [5.41, 5.74) is 2.52. The van der Waals surface area contributed by atoms with Gasteiger partial charge in [0.1, 0.15) is 12.4 Å². The Balaban J connectivity index is 1.64. The molecular formula is C18H17BrFN3O. The van der Waals surface area contributed by atoms with Gasteiger partial charge in [0.2, 0.25) is 5.91 Å². The Hall–Kier alpha value is -2.21. The quantitative estimate of drug-likeness (QED) is 0.861. The molecule has 0 radical (unpaired) electrons. The number of hydrazone groups is 1. The molecule has 124 valence electrons. The molecule has 0 saturated carbocycles. The Kier molecular flexibility index (Phi) is 4.94. The summed E-state index contributed by atoms with van der Waals surface area (Å²) in [6, 6.07) is 13.7. The van der Waals surface area contributed by atoms with Gasteiger partial charge in [-0.3, -0.25) is 9.80 Å². The van der Waals surface area contributed by atoms with Crippen LogP contribution in [-0.2, 0) is 4.79 Å². The Bertz CT molecular complexity index is 759. The third-order valence-corrected chi connectivity index (χ3v) is 4.32. The number of hydrogen-bond acceptors (Lipinski definition) is 3. The molecule has 4 nitrogen and oxygen atoms in total. The number of rotatable bonds is 4. The Morgan fingerprint density at radius 2 is 1.92 bits per heavy atom. The van der Waals surface area contributed by atoms with Crippen molar-refractivity contribution >= 4 is 33.2 Å². The minimum Gasteiger partial charge on any atom is -0.324 e. The van der Waals surface area contributed by atoms with E-state index in [0.717, 1.165) is 21.4 Å². The molecule has 1 N–H and O–H groups in total. The summed E-state index contributed by atoms with van der Waals surface area (Å²) < 4.78 is 14.0. The molecule has 1 heterocycles. The van der Waals surface area contributed by atoms with Crippen LogP contribution >= 0.6 is 15.9 Å². The maximum Gasteiger partial charge on any atom is 0.245 e. The SMILES string of the molecule is CC1CN(CC(=O)Nc2ccc(Br)cc2)N=C1c1ccc(F)cc1. The molecule has 1 aliphatic rings. The molecule has 3 rings (SSSR count). The van der Waals surface area contributed by atoms with Crippen molar-refractivity contribution in [2.45, 2.75) is 6.92 Å². The zero-order valence-corrected chi connectivity index (χ0v) is 14.8. The Labute approximate surface area is 148 Å². The van der Waals surface area contributed by atoms with E-state index in [0.29, 0.717) is 6.54 Å². The van der Waals surface area contributed by atoms with Crippen molar-refractivity contribution in [2.24, 2.45) is 11.0 Å². The smallest absolute Gasteiger partial charge is 0.245 e. The molecule has 1 atom stereocenters. The van der Waals surface area contributed by atoms with Crippen LogP contribution in [0.2, 0.25) is 0 Å². The normalized spacial score (nSPS) is 16.9. The monoisotopic (exact) mass is 389 g/mol. The third kappa shape index (κ3) is 4.00. The average Bonchev–Trinajstić information content (AvgIpc) is 2.90. The van der Waals surface area contributed by atoms with Gasteiger partial charge in [-0.2, -0.15) is 5.10 Å². The lowest BCUT2D eigenvalue weighted by molar-refractivity contribution is -0.117. The molecule has 2 aromatic carbocycles. The summed E-state index contributed by atoms with van der Waals surface area (Å²) in [4.78, 5) is 12.2. The van der Waals surface area contributed by atoms with Gasteiger partial charge in [-0.15, -0.1) is 0 Å². The van der Waals surface area contributed by atoms with Gasteiger partial charge >= 0.3 is 0 Å². The first-order valence-corrected chi connectivity index (χ1v) is 8.45. The van der Waals surface area contributed by atoms with E-state index in [2.05, 4.69) is 33.3 Å². The minimum absolute atomic E-state index is 0.117. The zero-order chi connectivity index (χ0) is 17.1. The molecule has 0 aliphatic carbocycles. The van der Waals surface area contributed by atoms with Crippen LogP contribution in [0.25, 0.3) is 0 Å². The van der Waals surface area contributed by atoms with Gasteiger partial charge in [0, 0.05) is 22.6 Å². The molecule has 2 aromatic rings. The summed E-state index contributed by atoms with van der Waals surface area (Å²) in [5, 5.41) is 9.12. The lowest BCUT2D eigenvalue weighted by Crippen LogP contribution is -2.29. The Morgan fingerprint density at radius 3 is 2.58 bits per heavy atom. The first kappa shape index (κ1) is 16.6. The highest BCUT2D eigenvalue weighted by molar-refractivity contribution is 9.10. The number of amides is 1. The van der Waals surface area contributed by atoms with Crippen LogP contribution in [0.15, 0.2) is 58.1 Å². The first-order valence-electron chi connectivity index (χ1n) is 7.66. The van der Waals surface area contributed by atoms with E-state index in [9.17, 15) is 9.18 Å². The van der Waals surface area contributed by atoms with Crippen molar-refractivity contribution < 1.29 is 9.18 Å². The van der Waals surface area contributed by atoms with Crippen LogP contribution in [0, 0.1) is 11.7 Å². The molecule has 0 bridgehead atoms. The van der Waals surface area contributed by atoms with Crippen molar-refractivity contribution in [1.82, 2.24) is 5.01 Å². The molecule has 0 spiro atoms. The molecule has 1 aliphatic heterocycles. The summed E-state index contributed by atoms with van der Waals surface area (Å²) >= 11 is 3.36. The minimum atomic E-state index is -0.268. The fourth-order valence-electron chi connectivity index (χ4n) is 2.66. The molecule has 0 aromatic heterocycles. The van der Waals surface area contributed by atoms with E-state index in [-0.39, 0.29) is 24.2 Å². The number of benzene rings is 2. The predicted octanol–water partition coefficient (Wildman–Crippen LogP) is 3.88. The topological polar surface area (TPSA) is 44.7 Å². The number of nitrogens with zero attached hydrogens (tertiary/aromatic N) is 2. The number of anilines is 1. The van der Waals surface area contributed by atoms with Crippen molar-refractivity contribution in [3.63, 3.8) is 0 Å². The van der Waals surface area contributed by atoms with Crippen LogP contribution < -0.4 is 5.32 Å². The predicted molar refractivity (Wildman–Crippen MR) is 96.4 cm³/mol. The third-order valence-electron chi connectivity index (χ3n) is 3.79. The average molecular weight is 390 g/mol. The second kappa shape index (κ2) is 7.13. The van der Waals surface area contributed by atoms with Crippen molar-refractivity contribution in [3.8, 4) is 0 Å². The van der Waals surface area contributed by atoms with Crippen molar-refractivity contribution in [3.05, 3.63) is 64.4 Å². The largest absolute Gasteiger partial charge is 0.324 e.